The third-order valence-corrected chi connectivity index (χ3v) is 18.3. The number of aryl methyl sites for hydroxylation is 2. The van der Waals surface area contributed by atoms with Gasteiger partial charge in [0, 0.05) is 76.5 Å². The Morgan fingerprint density at radius 2 is 1.68 bits per heavy atom. The summed E-state index contributed by atoms with van der Waals surface area (Å²) in [5.74, 6) is 0.365. The van der Waals surface area contributed by atoms with Gasteiger partial charge in [-0.15, -0.1) is 0 Å². The average Bonchev–Trinajstić information content (AvgIpc) is 4.16. The zero-order valence-corrected chi connectivity index (χ0v) is 47.4. The molecule has 2 amide bonds. The zero-order valence-electron chi connectivity index (χ0n) is 47.4. The summed E-state index contributed by atoms with van der Waals surface area (Å²) < 4.78 is 51.3. The van der Waals surface area contributed by atoms with E-state index in [9.17, 15) is 19.5 Å². The first-order valence-corrected chi connectivity index (χ1v) is 29.3. The molecular formula is C62H76F2N10O7. The van der Waals surface area contributed by atoms with Gasteiger partial charge < -0.3 is 44.1 Å². The van der Waals surface area contributed by atoms with E-state index in [-0.39, 0.29) is 52.4 Å². The molecule has 2 unspecified atom stereocenters. The van der Waals surface area contributed by atoms with E-state index in [0.29, 0.717) is 90.3 Å². The smallest absolute Gasteiger partial charge is 0.409 e. The zero-order chi connectivity index (χ0) is 56.5. The number of benzene rings is 3. The summed E-state index contributed by atoms with van der Waals surface area (Å²) in [7, 11) is 4.98. The van der Waals surface area contributed by atoms with Gasteiger partial charge in [0.2, 0.25) is 5.91 Å². The first-order chi connectivity index (χ1) is 39.3. The van der Waals surface area contributed by atoms with Gasteiger partial charge in [-0.2, -0.15) is 15.1 Å². The van der Waals surface area contributed by atoms with Crippen LogP contribution in [0.1, 0.15) is 114 Å². The fourth-order valence-corrected chi connectivity index (χ4v) is 14.0. The summed E-state index contributed by atoms with van der Waals surface area (Å²) in [6.45, 7) is 11.9. The van der Waals surface area contributed by atoms with Crippen molar-refractivity contribution in [1.29, 1.82) is 0 Å². The van der Waals surface area contributed by atoms with Crippen LogP contribution in [0, 0.1) is 23.5 Å². The molecule has 0 radical (unpaired) electrons. The van der Waals surface area contributed by atoms with Crippen molar-refractivity contribution in [3.05, 3.63) is 77.1 Å². The van der Waals surface area contributed by atoms with Crippen molar-refractivity contribution < 1.29 is 42.5 Å². The number of allylic oxidation sites excluding steroid dienone is 1. The maximum Gasteiger partial charge on any atom is 0.409 e. The maximum absolute atomic E-state index is 17.1. The van der Waals surface area contributed by atoms with E-state index in [0.717, 1.165) is 119 Å². The number of carbonyl (C=O) groups excluding carboxylic acids is 3. The van der Waals surface area contributed by atoms with Gasteiger partial charge in [0.15, 0.2) is 5.82 Å². The first-order valence-electron chi connectivity index (χ1n) is 29.3. The van der Waals surface area contributed by atoms with E-state index in [4.69, 9.17) is 29.2 Å². The number of methoxy groups -OCH3 is 1. The molecule has 6 aliphatic heterocycles. The Morgan fingerprint density at radius 3 is 2.40 bits per heavy atom. The van der Waals surface area contributed by atoms with E-state index >= 15 is 8.78 Å². The second-order valence-electron chi connectivity index (χ2n) is 23.1. The fraction of sp³-hybridized carbons (Fsp3) is 0.532. The van der Waals surface area contributed by atoms with E-state index < -0.39 is 11.7 Å². The number of likely N-dealkylation sites (N-methyl/N-ethyl adjacent to an activating group) is 1. The van der Waals surface area contributed by atoms with Crippen molar-refractivity contribution >= 4 is 67.9 Å². The van der Waals surface area contributed by atoms with E-state index in [1.54, 1.807) is 19.2 Å². The van der Waals surface area contributed by atoms with Crippen molar-refractivity contribution in [2.75, 3.05) is 89.6 Å². The number of halogens is 2. The number of phenolic OH excluding ortho intramolecular Hbond substituents is 1. The lowest BCUT2D eigenvalue weighted by Crippen LogP contribution is -2.43. The molecule has 3 aromatic heterocycles. The average molecular weight is 1110 g/mol. The number of ether oxygens (including phenoxy) is 3. The number of nitrogens with zero attached hydrogens (tertiary/aromatic N) is 9. The molecule has 0 spiro atoms. The lowest BCUT2D eigenvalue weighted by Gasteiger charge is -2.37. The predicted molar refractivity (Wildman–Crippen MR) is 309 cm³/mol. The van der Waals surface area contributed by atoms with Gasteiger partial charge in [0.25, 0.3) is 0 Å². The summed E-state index contributed by atoms with van der Waals surface area (Å²) in [6, 6.07) is 12.4. The molecule has 430 valence electrons. The van der Waals surface area contributed by atoms with Crippen LogP contribution in [-0.2, 0) is 32.5 Å². The van der Waals surface area contributed by atoms with Crippen LogP contribution in [0.15, 0.2) is 48.5 Å². The van der Waals surface area contributed by atoms with Crippen LogP contribution in [0.2, 0.25) is 0 Å². The van der Waals surface area contributed by atoms with Gasteiger partial charge in [-0.1, -0.05) is 19.1 Å². The largest absolute Gasteiger partial charge is 0.508 e. The summed E-state index contributed by atoms with van der Waals surface area (Å²) in [6.07, 6.45) is 14.9. The van der Waals surface area contributed by atoms with Crippen molar-refractivity contribution in [3.8, 4) is 23.0 Å². The minimum Gasteiger partial charge on any atom is -0.508 e. The summed E-state index contributed by atoms with van der Waals surface area (Å²) in [4.78, 5) is 58.7. The molecule has 5 fully saturated rings. The highest BCUT2D eigenvalue weighted by atomic mass is 19.1. The first kappa shape index (κ1) is 55.9. The molecule has 0 aliphatic carbocycles. The highest BCUT2D eigenvalue weighted by Crippen LogP contribution is 2.45. The predicted octanol–water partition coefficient (Wildman–Crippen LogP) is 9.88. The van der Waals surface area contributed by atoms with Gasteiger partial charge in [-0.25, -0.2) is 18.6 Å². The molecule has 81 heavy (non-hydrogen) atoms. The van der Waals surface area contributed by atoms with Gasteiger partial charge in [0.1, 0.15) is 41.5 Å². The molecule has 3 aromatic carbocycles. The number of nitrogens with one attached hydrogen (secondary N) is 1. The topological polar surface area (TPSA) is 181 Å². The lowest BCUT2D eigenvalue weighted by atomic mass is 9.83. The lowest BCUT2D eigenvalue weighted by molar-refractivity contribution is -0.122. The number of aldehydes is 1. The van der Waals surface area contributed by atoms with Gasteiger partial charge in [-0.3, -0.25) is 14.4 Å². The molecule has 9 heterocycles. The third-order valence-electron chi connectivity index (χ3n) is 18.3. The number of pyridine rings is 1. The van der Waals surface area contributed by atoms with E-state index in [2.05, 4.69) is 49.4 Å². The molecule has 6 aromatic rings. The van der Waals surface area contributed by atoms with Crippen LogP contribution in [0.5, 0.6) is 11.8 Å². The molecule has 2 atom stereocenters. The molecule has 2 N–H and O–H groups in total. The second kappa shape index (κ2) is 23.8. The van der Waals surface area contributed by atoms with Crippen LogP contribution in [0.3, 0.4) is 0 Å². The van der Waals surface area contributed by atoms with E-state index in [1.807, 2.05) is 30.5 Å². The number of amides is 2. The van der Waals surface area contributed by atoms with Crippen LogP contribution in [0.25, 0.3) is 49.4 Å². The standard InChI is InChI=1S/C35H37F2N5O3.C27H39N5O4/c1-3-24-26(36)8-7-21-16-23(43)17-25(27(21)24)31-29(37)32-28-30(38-31)20(2)15-22-18-44-14-6-13-42(22)33(28)40-34(39-32)45-19-35-9-4-11-41(35)12-5-10-35;1-28-26(34)23(5-4-16-33)25-22-7-6-21(18-24(22)30(2)29-25)31-12-8-19(9-13-31)17-20-10-14-32(15-11-20)27(35)36-3/h7-8,15-17,22,43H,3-6,9-14,18-19H2,1-2H3;6-7,16,18-20,23H,4-5,8-15,17H2,1-3H3,(H,28,34). The Morgan fingerprint density at radius 1 is 0.926 bits per heavy atom. The molecule has 0 saturated carbocycles. The highest BCUT2D eigenvalue weighted by molar-refractivity contribution is 6.05. The van der Waals surface area contributed by atoms with Crippen LogP contribution in [0.4, 0.5) is 25.1 Å². The quantitative estimate of drug-likeness (QED) is 0.104. The Hall–Kier alpha value is -6.99. The van der Waals surface area contributed by atoms with Crippen LogP contribution < -0.4 is 19.9 Å². The maximum atomic E-state index is 17.1. The van der Waals surface area contributed by atoms with Gasteiger partial charge in [-0.05, 0) is 167 Å². The summed E-state index contributed by atoms with van der Waals surface area (Å²) >= 11 is 0. The van der Waals surface area contributed by atoms with Crippen LogP contribution >= 0.6 is 0 Å². The molecular weight excluding hydrogens is 1030 g/mol. The fourth-order valence-electron chi connectivity index (χ4n) is 14.0. The highest BCUT2D eigenvalue weighted by Gasteiger charge is 2.45. The van der Waals surface area contributed by atoms with Gasteiger partial charge >= 0.3 is 12.1 Å². The summed E-state index contributed by atoms with van der Waals surface area (Å²) in [5.41, 5.74) is 5.16. The van der Waals surface area contributed by atoms with Gasteiger partial charge in [0.05, 0.1) is 53.5 Å². The van der Waals surface area contributed by atoms with Crippen molar-refractivity contribution in [2.24, 2.45) is 18.9 Å². The SMILES string of the molecule is CCc1c(F)ccc2cc(O)cc(-c3nc4c5c(nc(OCC67CCCN6CCC7)nc5c3F)N3CCCOCC3C=C4C)c12.CNC(=O)C(CCC=O)c1nn(C)c2cc(N3CCC(CC4CCN(C(=O)OC)CC4)CC3)ccc12. The van der Waals surface area contributed by atoms with Crippen LogP contribution in [-0.4, -0.2) is 149 Å². The number of anilines is 2. The number of carbonyl (C=O) groups is 3. The normalized spacial score (nSPS) is 19.8. The number of rotatable bonds is 13. The Kier molecular flexibility index (Phi) is 16.5. The van der Waals surface area contributed by atoms with Crippen molar-refractivity contribution in [2.45, 2.75) is 115 Å². The van der Waals surface area contributed by atoms with E-state index in [1.165, 1.54) is 44.2 Å². The number of phenols is 1. The number of hydrogen-bond donors (Lipinski definition) is 2. The number of piperidine rings is 2. The Labute approximate surface area is 472 Å². The molecule has 12 rings (SSSR count). The summed E-state index contributed by atoms with van der Waals surface area (Å²) in [5, 5.41) is 20.7. The van der Waals surface area contributed by atoms with Crippen molar-refractivity contribution in [3.63, 3.8) is 0 Å². The second-order valence-corrected chi connectivity index (χ2v) is 23.1. The molecule has 19 heteroatoms. The Balaban J connectivity index is 0.000000175. The minimum atomic E-state index is -0.653. The number of hydrogen-bond acceptors (Lipinski definition) is 14. The van der Waals surface area contributed by atoms with Crippen molar-refractivity contribution in [1.82, 2.24) is 39.8 Å². The molecule has 5 saturated heterocycles. The molecule has 0 bridgehead atoms. The Bertz CT molecular complexity index is 3360. The number of fused-ring (bicyclic) bond motifs is 5. The number of aromatic hydroxyl groups is 1. The molecule has 17 nitrogen and oxygen atoms in total. The number of likely N-dealkylation sites (tertiary alicyclic amines) is 1. The monoisotopic (exact) mass is 1110 g/mol. The minimum absolute atomic E-state index is 0.00625. The third kappa shape index (κ3) is 11.0. The number of aromatic nitrogens is 5. The molecule has 6 aliphatic rings.